The molecule has 0 aliphatic carbocycles. The molecule has 1 heterocycles. The summed E-state index contributed by atoms with van der Waals surface area (Å²) >= 11 is 3.63. The number of nitrogens with one attached hydrogen (secondary N) is 1. The molecule has 2 rings (SSSR count). The van der Waals surface area contributed by atoms with Gasteiger partial charge in [0, 0.05) is 13.6 Å². The summed E-state index contributed by atoms with van der Waals surface area (Å²) < 4.78 is 8.73. The van der Waals surface area contributed by atoms with Crippen LogP contribution in [0.4, 0.5) is 0 Å². The maximum absolute atomic E-state index is 5.66. The quantitative estimate of drug-likeness (QED) is 0.741. The van der Waals surface area contributed by atoms with Gasteiger partial charge >= 0.3 is 0 Å². The number of ether oxygens (including phenoxy) is 1. The lowest BCUT2D eigenvalue weighted by atomic mass is 10.3. The number of nitrogens with zero attached hydrogens (tertiary/aromatic N) is 2. The Bertz CT molecular complexity index is 554. The van der Waals surface area contributed by atoms with E-state index in [-0.39, 0.29) is 0 Å². The average molecular weight is 352 g/mol. The fourth-order valence-corrected chi connectivity index (χ4v) is 2.88. The summed E-state index contributed by atoms with van der Waals surface area (Å²) in [6.07, 6.45) is 1.92. The molecule has 0 saturated heterocycles. The van der Waals surface area contributed by atoms with Crippen LogP contribution in [0, 0.1) is 0 Å². The summed E-state index contributed by atoms with van der Waals surface area (Å²) in [5.74, 6) is 0.930. The van der Waals surface area contributed by atoms with E-state index >= 15 is 0 Å². The number of benzene rings is 1. The van der Waals surface area contributed by atoms with E-state index in [1.807, 2.05) is 42.1 Å². The van der Waals surface area contributed by atoms with Crippen LogP contribution in [-0.2, 0) is 20.0 Å². The molecule has 4 nitrogen and oxygen atoms in total. The summed E-state index contributed by atoms with van der Waals surface area (Å²) in [4.78, 5) is 0. The van der Waals surface area contributed by atoms with Gasteiger partial charge in [-0.15, -0.1) is 0 Å². The molecule has 1 N–H and O–H groups in total. The lowest BCUT2D eigenvalue weighted by molar-refractivity contribution is 0.308. The Morgan fingerprint density at radius 3 is 2.71 bits per heavy atom. The molecular weight excluding hydrogens is 330 g/mol. The molecule has 0 radical (unpaired) electrons. The van der Waals surface area contributed by atoms with Gasteiger partial charge in [0.1, 0.15) is 5.75 Å². The van der Waals surface area contributed by atoms with Crippen molar-refractivity contribution in [1.29, 1.82) is 0 Å². The molecule has 0 amide bonds. The first-order chi connectivity index (χ1) is 10.2. The van der Waals surface area contributed by atoms with E-state index in [4.69, 9.17) is 4.74 Å². The van der Waals surface area contributed by atoms with Crippen molar-refractivity contribution in [2.24, 2.45) is 7.05 Å². The van der Waals surface area contributed by atoms with Crippen molar-refractivity contribution in [3.8, 4) is 5.75 Å². The molecule has 0 saturated carbocycles. The molecule has 0 bridgehead atoms. The lowest BCUT2D eigenvalue weighted by Crippen LogP contribution is -2.19. The Morgan fingerprint density at radius 1 is 1.29 bits per heavy atom. The second kappa shape index (κ2) is 8.20. The standard InChI is InChI=1S/C16H22BrN3O/c1-3-14-16(17)15(20(2)19-14)12-18-10-7-11-21-13-8-5-4-6-9-13/h4-6,8-9,18H,3,7,10-12H2,1-2H3. The molecule has 0 aliphatic heterocycles. The molecule has 0 fully saturated rings. The van der Waals surface area contributed by atoms with Crippen molar-refractivity contribution in [2.75, 3.05) is 13.2 Å². The van der Waals surface area contributed by atoms with Crippen LogP contribution < -0.4 is 10.1 Å². The molecule has 0 aliphatic rings. The first-order valence-electron chi connectivity index (χ1n) is 7.31. The number of rotatable bonds is 8. The van der Waals surface area contributed by atoms with Crippen molar-refractivity contribution >= 4 is 15.9 Å². The van der Waals surface area contributed by atoms with E-state index in [0.29, 0.717) is 0 Å². The minimum absolute atomic E-state index is 0.726. The van der Waals surface area contributed by atoms with Crippen molar-refractivity contribution in [1.82, 2.24) is 15.1 Å². The third kappa shape index (κ3) is 4.58. The summed E-state index contributed by atoms with van der Waals surface area (Å²) in [5, 5.41) is 7.92. The van der Waals surface area contributed by atoms with Crippen LogP contribution in [0.2, 0.25) is 0 Å². The van der Waals surface area contributed by atoms with Gasteiger partial charge in [0.05, 0.1) is 22.5 Å². The maximum Gasteiger partial charge on any atom is 0.119 e. The van der Waals surface area contributed by atoms with Crippen molar-refractivity contribution in [3.05, 3.63) is 46.2 Å². The van der Waals surface area contributed by atoms with Gasteiger partial charge in [-0.1, -0.05) is 25.1 Å². The zero-order valence-electron chi connectivity index (χ0n) is 12.6. The van der Waals surface area contributed by atoms with Crippen LogP contribution >= 0.6 is 15.9 Å². The second-order valence-electron chi connectivity index (χ2n) is 4.88. The molecule has 5 heteroatoms. The van der Waals surface area contributed by atoms with Gasteiger partial charge < -0.3 is 10.1 Å². The first-order valence-corrected chi connectivity index (χ1v) is 8.10. The van der Waals surface area contributed by atoms with Crippen molar-refractivity contribution in [3.63, 3.8) is 0 Å². The molecule has 0 atom stereocenters. The average Bonchev–Trinajstić information content (AvgIpc) is 2.78. The van der Waals surface area contributed by atoms with Gasteiger partial charge in [-0.25, -0.2) is 0 Å². The molecule has 2 aromatic rings. The summed E-state index contributed by atoms with van der Waals surface area (Å²) in [6, 6.07) is 9.92. The Kier molecular flexibility index (Phi) is 6.26. The van der Waals surface area contributed by atoms with Gasteiger partial charge in [0.25, 0.3) is 0 Å². The number of aryl methyl sites for hydroxylation is 2. The highest BCUT2D eigenvalue weighted by Crippen LogP contribution is 2.21. The Labute approximate surface area is 134 Å². The van der Waals surface area contributed by atoms with Crippen LogP contribution in [0.1, 0.15) is 24.7 Å². The molecule has 114 valence electrons. The van der Waals surface area contributed by atoms with Crippen molar-refractivity contribution < 1.29 is 4.74 Å². The fourth-order valence-electron chi connectivity index (χ4n) is 2.12. The normalized spacial score (nSPS) is 10.8. The monoisotopic (exact) mass is 351 g/mol. The number of aromatic nitrogens is 2. The summed E-state index contributed by atoms with van der Waals surface area (Å²) in [5.41, 5.74) is 2.30. The highest BCUT2D eigenvalue weighted by molar-refractivity contribution is 9.10. The SMILES string of the molecule is CCc1nn(C)c(CNCCCOc2ccccc2)c1Br. The second-order valence-corrected chi connectivity index (χ2v) is 5.67. The van der Waals surface area contributed by atoms with E-state index in [1.54, 1.807) is 0 Å². The van der Waals surface area contributed by atoms with Gasteiger partial charge in [-0.2, -0.15) is 5.10 Å². The number of hydrogen-bond acceptors (Lipinski definition) is 3. The highest BCUT2D eigenvalue weighted by Gasteiger charge is 2.11. The number of halogens is 1. The van der Waals surface area contributed by atoms with E-state index in [1.165, 1.54) is 5.69 Å². The Morgan fingerprint density at radius 2 is 2.05 bits per heavy atom. The molecule has 1 aromatic carbocycles. The van der Waals surface area contributed by atoms with Crippen LogP contribution in [0.3, 0.4) is 0 Å². The molecule has 0 unspecified atom stereocenters. The third-order valence-corrected chi connectivity index (χ3v) is 4.22. The van der Waals surface area contributed by atoms with E-state index < -0.39 is 0 Å². The Balaban J connectivity index is 1.67. The molecular formula is C16H22BrN3O. The topological polar surface area (TPSA) is 39.1 Å². The lowest BCUT2D eigenvalue weighted by Gasteiger charge is -2.08. The van der Waals surface area contributed by atoms with Crippen LogP contribution in [0.15, 0.2) is 34.8 Å². The smallest absolute Gasteiger partial charge is 0.119 e. The predicted octanol–water partition coefficient (Wildman–Crippen LogP) is 3.30. The largest absolute Gasteiger partial charge is 0.494 e. The minimum atomic E-state index is 0.726. The number of para-hydroxylation sites is 1. The summed E-state index contributed by atoms with van der Waals surface area (Å²) in [7, 11) is 1.99. The third-order valence-electron chi connectivity index (χ3n) is 3.31. The molecule has 21 heavy (non-hydrogen) atoms. The van der Waals surface area contributed by atoms with Gasteiger partial charge in [-0.3, -0.25) is 4.68 Å². The highest BCUT2D eigenvalue weighted by atomic mass is 79.9. The van der Waals surface area contributed by atoms with E-state index in [2.05, 4.69) is 33.3 Å². The Hall–Kier alpha value is -1.33. The van der Waals surface area contributed by atoms with E-state index in [9.17, 15) is 0 Å². The maximum atomic E-state index is 5.66. The first kappa shape index (κ1) is 16.0. The zero-order valence-corrected chi connectivity index (χ0v) is 14.2. The zero-order chi connectivity index (χ0) is 15.1. The number of hydrogen-bond donors (Lipinski definition) is 1. The van der Waals surface area contributed by atoms with Gasteiger partial charge in [-0.05, 0) is 47.4 Å². The van der Waals surface area contributed by atoms with Crippen molar-refractivity contribution in [2.45, 2.75) is 26.3 Å². The van der Waals surface area contributed by atoms with Gasteiger partial charge in [0.2, 0.25) is 0 Å². The fraction of sp³-hybridized carbons (Fsp3) is 0.438. The molecule has 0 spiro atoms. The van der Waals surface area contributed by atoms with Crippen LogP contribution in [0.25, 0.3) is 0 Å². The van der Waals surface area contributed by atoms with Gasteiger partial charge in [0.15, 0.2) is 0 Å². The van der Waals surface area contributed by atoms with Crippen LogP contribution in [0.5, 0.6) is 5.75 Å². The summed E-state index contributed by atoms with van der Waals surface area (Å²) in [6.45, 7) is 4.58. The molecule has 1 aromatic heterocycles. The predicted molar refractivity (Wildman–Crippen MR) is 88.5 cm³/mol. The van der Waals surface area contributed by atoms with Crippen LogP contribution in [-0.4, -0.2) is 22.9 Å². The minimum Gasteiger partial charge on any atom is -0.494 e. The van der Waals surface area contributed by atoms with E-state index in [0.717, 1.165) is 48.5 Å².